The molecule has 0 aromatic heterocycles. The molecule has 1 aliphatic carbocycles. The number of urea groups is 1. The smallest absolute Gasteiger partial charge is 0.325 e. The first-order chi connectivity index (χ1) is 12.8. The SMILES string of the molecule is CC1(C)CCCC2(C1)NC(=O)N(CC(=O)Nc1ccc3c(c1)CCO3)C2=O. The second-order valence-corrected chi connectivity index (χ2v) is 8.57. The number of nitrogens with zero attached hydrogens (tertiary/aromatic N) is 1. The molecule has 7 nitrogen and oxygen atoms in total. The minimum absolute atomic E-state index is 0.00799. The van der Waals surface area contributed by atoms with Crippen LogP contribution >= 0.6 is 0 Å². The molecule has 0 bridgehead atoms. The summed E-state index contributed by atoms with van der Waals surface area (Å²) in [6.07, 6.45) is 3.96. The molecule has 4 rings (SSSR count). The zero-order valence-corrected chi connectivity index (χ0v) is 15.8. The molecular weight excluding hydrogens is 346 g/mol. The molecule has 144 valence electrons. The third-order valence-electron chi connectivity index (χ3n) is 5.76. The number of fused-ring (bicyclic) bond motifs is 1. The predicted octanol–water partition coefficient (Wildman–Crippen LogP) is 2.45. The van der Waals surface area contributed by atoms with E-state index in [9.17, 15) is 14.4 Å². The van der Waals surface area contributed by atoms with Crippen molar-refractivity contribution in [1.82, 2.24) is 10.2 Å². The highest BCUT2D eigenvalue weighted by Gasteiger charge is 2.54. The van der Waals surface area contributed by atoms with Gasteiger partial charge in [0.25, 0.3) is 5.91 Å². The van der Waals surface area contributed by atoms with Crippen LogP contribution in [0.1, 0.15) is 45.1 Å². The fourth-order valence-electron chi connectivity index (χ4n) is 4.58. The third kappa shape index (κ3) is 3.26. The Hall–Kier alpha value is -2.57. The van der Waals surface area contributed by atoms with Crippen molar-refractivity contribution in [2.75, 3.05) is 18.5 Å². The van der Waals surface area contributed by atoms with E-state index in [-0.39, 0.29) is 23.8 Å². The Morgan fingerprint density at radius 2 is 2.11 bits per heavy atom. The number of rotatable bonds is 3. The van der Waals surface area contributed by atoms with Crippen LogP contribution in [-0.4, -0.2) is 41.4 Å². The first-order valence-corrected chi connectivity index (χ1v) is 9.48. The van der Waals surface area contributed by atoms with Gasteiger partial charge in [-0.15, -0.1) is 0 Å². The van der Waals surface area contributed by atoms with Gasteiger partial charge in [-0.25, -0.2) is 4.79 Å². The number of amides is 4. The van der Waals surface area contributed by atoms with Crippen LogP contribution in [0.3, 0.4) is 0 Å². The molecule has 1 atom stereocenters. The lowest BCUT2D eigenvalue weighted by molar-refractivity contribution is -0.136. The molecular formula is C20H25N3O4. The highest BCUT2D eigenvalue weighted by atomic mass is 16.5. The van der Waals surface area contributed by atoms with Crippen LogP contribution in [0.4, 0.5) is 10.5 Å². The Labute approximate surface area is 158 Å². The fourth-order valence-corrected chi connectivity index (χ4v) is 4.58. The van der Waals surface area contributed by atoms with E-state index in [4.69, 9.17) is 4.74 Å². The van der Waals surface area contributed by atoms with Gasteiger partial charge in [-0.05, 0) is 48.4 Å². The summed E-state index contributed by atoms with van der Waals surface area (Å²) < 4.78 is 5.46. The molecule has 1 aromatic carbocycles. The van der Waals surface area contributed by atoms with Gasteiger partial charge in [-0.1, -0.05) is 20.3 Å². The molecule has 27 heavy (non-hydrogen) atoms. The average Bonchev–Trinajstić information content (AvgIpc) is 3.12. The lowest BCUT2D eigenvalue weighted by Crippen LogP contribution is -2.52. The highest BCUT2D eigenvalue weighted by molar-refractivity contribution is 6.10. The number of hydrogen-bond donors (Lipinski definition) is 2. The number of ether oxygens (including phenoxy) is 1. The zero-order chi connectivity index (χ0) is 19.2. The summed E-state index contributed by atoms with van der Waals surface area (Å²) in [6.45, 7) is 4.59. The molecule has 1 spiro atoms. The maximum Gasteiger partial charge on any atom is 0.325 e. The lowest BCUT2D eigenvalue weighted by atomic mass is 9.68. The standard InChI is InChI=1S/C20H25N3O4/c1-19(2)7-3-8-20(12-19)17(25)23(18(26)22-20)11-16(24)21-14-4-5-15-13(10-14)6-9-27-15/h4-5,10H,3,6-9,11-12H2,1-2H3,(H,21,24)(H,22,26). The van der Waals surface area contributed by atoms with Crippen LogP contribution in [0.15, 0.2) is 18.2 Å². The molecule has 1 saturated carbocycles. The Morgan fingerprint density at radius 3 is 2.89 bits per heavy atom. The first-order valence-electron chi connectivity index (χ1n) is 9.48. The topological polar surface area (TPSA) is 87.7 Å². The quantitative estimate of drug-likeness (QED) is 0.799. The molecule has 1 aromatic rings. The zero-order valence-electron chi connectivity index (χ0n) is 15.8. The molecule has 2 fully saturated rings. The van der Waals surface area contributed by atoms with Crippen molar-refractivity contribution in [3.8, 4) is 5.75 Å². The monoisotopic (exact) mass is 371 g/mol. The van der Waals surface area contributed by atoms with Crippen molar-refractivity contribution in [1.29, 1.82) is 0 Å². The number of nitrogens with one attached hydrogen (secondary N) is 2. The lowest BCUT2D eigenvalue weighted by Gasteiger charge is -2.40. The van der Waals surface area contributed by atoms with E-state index in [0.717, 1.165) is 35.5 Å². The van der Waals surface area contributed by atoms with Crippen LogP contribution in [0.5, 0.6) is 5.75 Å². The van der Waals surface area contributed by atoms with E-state index in [2.05, 4.69) is 24.5 Å². The van der Waals surface area contributed by atoms with Crippen molar-refractivity contribution in [3.63, 3.8) is 0 Å². The summed E-state index contributed by atoms with van der Waals surface area (Å²) in [5.74, 6) is 0.172. The van der Waals surface area contributed by atoms with Crippen LogP contribution in [0.2, 0.25) is 0 Å². The number of carbonyl (C=O) groups is 3. The normalized spacial score (nSPS) is 25.9. The maximum absolute atomic E-state index is 13.0. The summed E-state index contributed by atoms with van der Waals surface area (Å²) in [7, 11) is 0. The predicted molar refractivity (Wildman–Crippen MR) is 99.5 cm³/mol. The van der Waals surface area contributed by atoms with Crippen molar-refractivity contribution >= 4 is 23.5 Å². The van der Waals surface area contributed by atoms with Gasteiger partial charge in [0, 0.05) is 12.1 Å². The van der Waals surface area contributed by atoms with Gasteiger partial charge < -0.3 is 15.4 Å². The Bertz CT molecular complexity index is 819. The summed E-state index contributed by atoms with van der Waals surface area (Å²) in [5, 5.41) is 5.65. The van der Waals surface area contributed by atoms with Crippen LogP contribution in [0.25, 0.3) is 0 Å². The van der Waals surface area contributed by atoms with Gasteiger partial charge in [0.2, 0.25) is 5.91 Å². The Morgan fingerprint density at radius 1 is 1.30 bits per heavy atom. The molecule has 2 N–H and O–H groups in total. The summed E-state index contributed by atoms with van der Waals surface area (Å²) >= 11 is 0. The van der Waals surface area contributed by atoms with E-state index in [1.54, 1.807) is 6.07 Å². The number of anilines is 1. The van der Waals surface area contributed by atoms with Crippen molar-refractivity contribution in [2.24, 2.45) is 5.41 Å². The van der Waals surface area contributed by atoms with Gasteiger partial charge >= 0.3 is 6.03 Å². The van der Waals surface area contributed by atoms with Gasteiger partial charge in [0.15, 0.2) is 0 Å². The molecule has 1 saturated heterocycles. The van der Waals surface area contributed by atoms with E-state index >= 15 is 0 Å². The van der Waals surface area contributed by atoms with Crippen LogP contribution in [0, 0.1) is 5.41 Å². The van der Waals surface area contributed by atoms with Gasteiger partial charge in [0.1, 0.15) is 17.8 Å². The van der Waals surface area contributed by atoms with Crippen LogP contribution < -0.4 is 15.4 Å². The molecule has 2 heterocycles. The minimum atomic E-state index is -0.857. The number of hydrogen-bond acceptors (Lipinski definition) is 4. The van der Waals surface area contributed by atoms with Gasteiger partial charge in [-0.2, -0.15) is 0 Å². The van der Waals surface area contributed by atoms with E-state index < -0.39 is 11.6 Å². The number of carbonyl (C=O) groups excluding carboxylic acids is 3. The van der Waals surface area contributed by atoms with Gasteiger partial charge in [-0.3, -0.25) is 14.5 Å². The van der Waals surface area contributed by atoms with Crippen molar-refractivity contribution in [2.45, 2.75) is 51.5 Å². The summed E-state index contributed by atoms with van der Waals surface area (Å²) in [5.41, 5.74) is 0.826. The van der Waals surface area contributed by atoms with E-state index in [0.29, 0.717) is 25.1 Å². The van der Waals surface area contributed by atoms with Crippen molar-refractivity contribution < 1.29 is 19.1 Å². The maximum atomic E-state index is 13.0. The Balaban J connectivity index is 1.44. The molecule has 3 aliphatic rings. The average molecular weight is 371 g/mol. The molecule has 0 radical (unpaired) electrons. The summed E-state index contributed by atoms with van der Waals surface area (Å²) in [6, 6.07) is 4.98. The largest absolute Gasteiger partial charge is 0.493 e. The molecule has 1 unspecified atom stereocenters. The molecule has 4 amide bonds. The van der Waals surface area contributed by atoms with E-state index in [1.807, 2.05) is 12.1 Å². The minimum Gasteiger partial charge on any atom is -0.493 e. The summed E-state index contributed by atoms with van der Waals surface area (Å²) in [4.78, 5) is 38.9. The molecule has 7 heteroatoms. The number of benzene rings is 1. The third-order valence-corrected chi connectivity index (χ3v) is 5.76. The number of imide groups is 1. The first kappa shape index (κ1) is 17.8. The second kappa shape index (κ2) is 6.25. The molecule has 2 aliphatic heterocycles. The van der Waals surface area contributed by atoms with Crippen molar-refractivity contribution in [3.05, 3.63) is 23.8 Å². The highest BCUT2D eigenvalue weighted by Crippen LogP contribution is 2.43. The fraction of sp³-hybridized carbons (Fsp3) is 0.550. The Kier molecular flexibility index (Phi) is 4.13. The van der Waals surface area contributed by atoms with Gasteiger partial charge in [0.05, 0.1) is 6.61 Å². The van der Waals surface area contributed by atoms with E-state index in [1.165, 1.54) is 0 Å². The van der Waals surface area contributed by atoms with Crippen LogP contribution in [-0.2, 0) is 16.0 Å². The second-order valence-electron chi connectivity index (χ2n) is 8.57.